The fourth-order valence-electron chi connectivity index (χ4n) is 5.79. The molecule has 0 radical (unpaired) electrons. The van der Waals surface area contributed by atoms with E-state index in [1.54, 1.807) is 25.3 Å². The number of aromatic nitrogens is 2. The summed E-state index contributed by atoms with van der Waals surface area (Å²) >= 11 is 0. The summed E-state index contributed by atoms with van der Waals surface area (Å²) < 4.78 is 20.2. The molecule has 1 atom stereocenters. The Labute approximate surface area is 244 Å². The van der Waals surface area contributed by atoms with Crippen LogP contribution in [0.4, 0.5) is 0 Å². The maximum absolute atomic E-state index is 11.5. The monoisotopic (exact) mass is 573 g/mol. The Kier molecular flexibility index (Phi) is 8.75. The summed E-state index contributed by atoms with van der Waals surface area (Å²) in [5, 5.41) is 16.4. The lowest BCUT2D eigenvalue weighted by molar-refractivity contribution is -0.122. The highest BCUT2D eigenvalue weighted by Gasteiger charge is 2.41. The zero-order valence-corrected chi connectivity index (χ0v) is 23.7. The molecule has 0 spiro atoms. The number of methoxy groups -OCH3 is 1. The smallest absolute Gasteiger partial charge is 0.335 e. The minimum atomic E-state index is -0.939. The summed E-state index contributed by atoms with van der Waals surface area (Å²) in [5.41, 5.74) is 4.10. The second-order valence-electron chi connectivity index (χ2n) is 10.5. The zero-order chi connectivity index (χ0) is 29.7. The van der Waals surface area contributed by atoms with Crippen molar-refractivity contribution >= 4 is 23.5 Å². The lowest BCUT2D eigenvalue weighted by atomic mass is 9.88. The number of rotatable bonds is 8. The van der Waals surface area contributed by atoms with Gasteiger partial charge >= 0.3 is 5.97 Å². The van der Waals surface area contributed by atoms with Gasteiger partial charge < -0.3 is 29.0 Å². The van der Waals surface area contributed by atoms with E-state index in [-0.39, 0.29) is 12.0 Å². The maximum atomic E-state index is 11.5. The Hall–Kier alpha value is -4.41. The van der Waals surface area contributed by atoms with E-state index in [0.717, 1.165) is 59.9 Å². The molecule has 42 heavy (non-hydrogen) atoms. The molecule has 10 heteroatoms. The van der Waals surface area contributed by atoms with Crippen molar-refractivity contribution < 1.29 is 34.0 Å². The molecule has 3 aromatic carbocycles. The van der Waals surface area contributed by atoms with Crippen LogP contribution in [0.15, 0.2) is 66.7 Å². The predicted molar refractivity (Wildman–Crippen MR) is 156 cm³/mol. The van der Waals surface area contributed by atoms with Crippen LogP contribution in [0.25, 0.3) is 11.0 Å². The second kappa shape index (κ2) is 12.6. The normalized spacial score (nSPS) is 18.4. The molecular weight excluding hydrogens is 538 g/mol. The Balaban J connectivity index is 0.00000113. The quantitative estimate of drug-likeness (QED) is 0.277. The molecule has 1 fully saturated rings. The molecule has 2 N–H and O–H groups in total. The van der Waals surface area contributed by atoms with E-state index in [1.807, 2.05) is 43.3 Å². The molecule has 0 amide bonds. The van der Waals surface area contributed by atoms with Gasteiger partial charge in [-0.15, -0.1) is 0 Å². The number of imidazole rings is 1. The average Bonchev–Trinajstić information content (AvgIpc) is 3.53. The van der Waals surface area contributed by atoms with Crippen LogP contribution in [-0.2, 0) is 28.4 Å². The first-order chi connectivity index (χ1) is 20.4. The highest BCUT2D eigenvalue weighted by atomic mass is 16.7. The number of ether oxygens (including phenoxy) is 3. The number of para-hydroxylation sites is 1. The first-order valence-corrected chi connectivity index (χ1v) is 13.9. The Morgan fingerprint density at radius 1 is 1.10 bits per heavy atom. The lowest BCUT2D eigenvalue weighted by Crippen LogP contribution is -2.34. The Bertz CT molecular complexity index is 1550. The van der Waals surface area contributed by atoms with Crippen molar-refractivity contribution in [2.45, 2.75) is 44.6 Å². The molecule has 0 bridgehead atoms. The van der Waals surface area contributed by atoms with Crippen molar-refractivity contribution in [3.8, 4) is 11.5 Å². The van der Waals surface area contributed by atoms with Crippen LogP contribution in [0.2, 0.25) is 0 Å². The first kappa shape index (κ1) is 29.1. The number of carboxylic acids is 1. The van der Waals surface area contributed by atoms with Crippen molar-refractivity contribution in [3.05, 3.63) is 89.2 Å². The molecule has 0 saturated carbocycles. The maximum Gasteiger partial charge on any atom is 0.335 e. The van der Waals surface area contributed by atoms with E-state index in [0.29, 0.717) is 25.6 Å². The number of carboxylic acid groups (broad SMARTS) is 2. The number of piperidine rings is 1. The molecule has 3 heterocycles. The summed E-state index contributed by atoms with van der Waals surface area (Å²) in [6.07, 6.45) is 2.01. The van der Waals surface area contributed by atoms with Gasteiger partial charge in [-0.2, -0.15) is 0 Å². The van der Waals surface area contributed by atoms with Crippen LogP contribution in [0.1, 0.15) is 53.0 Å². The number of likely N-dealkylation sites (tertiary alicyclic amines) is 1. The van der Waals surface area contributed by atoms with E-state index in [4.69, 9.17) is 29.1 Å². The van der Waals surface area contributed by atoms with Gasteiger partial charge in [-0.25, -0.2) is 9.78 Å². The van der Waals surface area contributed by atoms with Crippen molar-refractivity contribution in [1.29, 1.82) is 0 Å². The average molecular weight is 574 g/mol. The molecule has 220 valence electrons. The SMILES string of the molecule is COCCn1c(CN2CCC(c3cccc4c3OC(C)(c3ccccc3)O4)CC2)nc2ccc(C(=O)O)cc21.O=CO. The van der Waals surface area contributed by atoms with Gasteiger partial charge in [-0.1, -0.05) is 42.5 Å². The molecule has 4 aromatic rings. The van der Waals surface area contributed by atoms with Gasteiger partial charge in [-0.05, 0) is 56.1 Å². The number of benzene rings is 3. The topological polar surface area (TPSA) is 123 Å². The molecule has 1 saturated heterocycles. The molecule has 0 aliphatic carbocycles. The third-order valence-electron chi connectivity index (χ3n) is 7.89. The summed E-state index contributed by atoms with van der Waals surface area (Å²) in [7, 11) is 1.67. The molecule has 1 unspecified atom stereocenters. The standard InChI is InChI=1S/C31H33N3O5.CH2O2/c1-31(23-7-4-3-5-8-23)38-27-10-6-9-24(29(27)39-31)21-13-15-33(16-14-21)20-28-32-25-12-11-22(30(35)36)19-26(25)34(28)17-18-37-2;2-1-3/h3-12,19,21H,13-18,20H2,1-2H3,(H,35,36);1H,(H,2,3). The van der Waals surface area contributed by atoms with E-state index >= 15 is 0 Å². The summed E-state index contributed by atoms with van der Waals surface area (Å²) in [4.78, 5) is 27.2. The highest BCUT2D eigenvalue weighted by Crippen LogP contribution is 2.49. The summed E-state index contributed by atoms with van der Waals surface area (Å²) in [5.74, 6) is 1.20. The van der Waals surface area contributed by atoms with E-state index < -0.39 is 11.8 Å². The Morgan fingerprint density at radius 3 is 2.52 bits per heavy atom. The highest BCUT2D eigenvalue weighted by molar-refractivity contribution is 5.92. The number of fused-ring (bicyclic) bond motifs is 2. The molecule has 2 aliphatic rings. The largest absolute Gasteiger partial charge is 0.483 e. The number of hydrogen-bond acceptors (Lipinski definition) is 7. The van der Waals surface area contributed by atoms with Crippen molar-refractivity contribution in [1.82, 2.24) is 14.5 Å². The third-order valence-corrected chi connectivity index (χ3v) is 7.89. The molecule has 2 aliphatic heterocycles. The van der Waals surface area contributed by atoms with Crippen molar-refractivity contribution in [2.75, 3.05) is 26.8 Å². The number of carbonyl (C=O) groups is 2. The van der Waals surface area contributed by atoms with Gasteiger partial charge in [0.15, 0.2) is 11.5 Å². The fourth-order valence-corrected chi connectivity index (χ4v) is 5.79. The van der Waals surface area contributed by atoms with E-state index in [9.17, 15) is 9.90 Å². The van der Waals surface area contributed by atoms with Gasteiger partial charge in [0.25, 0.3) is 12.3 Å². The number of hydrogen-bond donors (Lipinski definition) is 2. The van der Waals surface area contributed by atoms with Gasteiger partial charge in [0, 0.05) is 31.7 Å². The zero-order valence-electron chi connectivity index (χ0n) is 23.7. The van der Waals surface area contributed by atoms with Crippen LogP contribution < -0.4 is 9.47 Å². The third kappa shape index (κ3) is 5.95. The van der Waals surface area contributed by atoms with Gasteiger partial charge in [0.2, 0.25) is 0 Å². The minimum Gasteiger partial charge on any atom is -0.483 e. The Morgan fingerprint density at radius 2 is 1.83 bits per heavy atom. The molecule has 1 aromatic heterocycles. The lowest BCUT2D eigenvalue weighted by Gasteiger charge is -2.32. The minimum absolute atomic E-state index is 0.250. The van der Waals surface area contributed by atoms with Crippen molar-refractivity contribution in [2.24, 2.45) is 0 Å². The molecule has 10 nitrogen and oxygen atoms in total. The van der Waals surface area contributed by atoms with Crippen LogP contribution in [0, 0.1) is 0 Å². The molecular formula is C32H35N3O7. The van der Waals surface area contributed by atoms with Crippen LogP contribution >= 0.6 is 0 Å². The number of nitrogens with zero attached hydrogens (tertiary/aromatic N) is 3. The van der Waals surface area contributed by atoms with E-state index in [1.165, 1.54) is 5.56 Å². The van der Waals surface area contributed by atoms with E-state index in [2.05, 4.69) is 21.6 Å². The van der Waals surface area contributed by atoms with Gasteiger partial charge in [0.1, 0.15) is 5.82 Å². The van der Waals surface area contributed by atoms with Gasteiger partial charge in [0.05, 0.1) is 29.7 Å². The van der Waals surface area contributed by atoms with Crippen LogP contribution in [0.5, 0.6) is 11.5 Å². The predicted octanol–water partition coefficient (Wildman–Crippen LogP) is 5.11. The van der Waals surface area contributed by atoms with Crippen LogP contribution in [-0.4, -0.2) is 63.9 Å². The molecule has 6 rings (SSSR count). The number of aromatic carboxylic acids is 1. The van der Waals surface area contributed by atoms with Crippen molar-refractivity contribution in [3.63, 3.8) is 0 Å². The van der Waals surface area contributed by atoms with Crippen LogP contribution in [0.3, 0.4) is 0 Å². The summed E-state index contributed by atoms with van der Waals surface area (Å²) in [6, 6.07) is 21.4. The summed E-state index contributed by atoms with van der Waals surface area (Å²) in [6.45, 7) is 5.43. The van der Waals surface area contributed by atoms with Gasteiger partial charge in [-0.3, -0.25) is 9.69 Å². The first-order valence-electron chi connectivity index (χ1n) is 13.9. The fraction of sp³-hybridized carbons (Fsp3) is 0.344. The second-order valence-corrected chi connectivity index (χ2v) is 10.5.